The van der Waals surface area contributed by atoms with Crippen molar-refractivity contribution in [3.63, 3.8) is 0 Å². The maximum absolute atomic E-state index is 13.7. The van der Waals surface area contributed by atoms with Gasteiger partial charge in [-0.3, -0.25) is 0 Å². The summed E-state index contributed by atoms with van der Waals surface area (Å²) >= 11 is 5.92. The van der Waals surface area contributed by atoms with Gasteiger partial charge in [0, 0.05) is 11.6 Å². The number of hydrogen-bond donors (Lipinski definition) is 1. The Balaban J connectivity index is 1.55. The summed E-state index contributed by atoms with van der Waals surface area (Å²) < 4.78 is 25.4. The monoisotopic (exact) mass is 413 g/mol. The topological polar surface area (TPSA) is 30.5 Å². The molecule has 3 rings (SSSR count). The standard InChI is InChI=1S/C24H25ClFNO2/c1-2-28-24-15-19(16-27-14-13-20-5-3-4-6-22(20)26)9-12-23(24)29-17-18-7-10-21(25)11-8-18/h3-12,15,27H,2,13-14,16-17H2,1H3. The lowest BCUT2D eigenvalue weighted by atomic mass is 10.1. The molecule has 0 aliphatic carbocycles. The van der Waals surface area contributed by atoms with Gasteiger partial charge in [0.15, 0.2) is 11.5 Å². The molecule has 0 heterocycles. The SMILES string of the molecule is CCOc1cc(CNCCc2ccccc2F)ccc1OCc1ccc(Cl)cc1. The van der Waals surface area contributed by atoms with Crippen LogP contribution in [0.2, 0.25) is 5.02 Å². The van der Waals surface area contributed by atoms with E-state index in [2.05, 4.69) is 5.32 Å². The van der Waals surface area contributed by atoms with Crippen molar-refractivity contribution >= 4 is 11.6 Å². The van der Waals surface area contributed by atoms with E-state index in [0.29, 0.717) is 43.5 Å². The maximum atomic E-state index is 13.7. The predicted molar refractivity (Wildman–Crippen MR) is 115 cm³/mol. The Bertz CT molecular complexity index is 915. The Morgan fingerprint density at radius 2 is 1.66 bits per heavy atom. The summed E-state index contributed by atoms with van der Waals surface area (Å²) in [6, 6.07) is 20.4. The fraction of sp³-hybridized carbons (Fsp3) is 0.250. The molecule has 0 spiro atoms. The molecule has 1 N–H and O–H groups in total. The van der Waals surface area contributed by atoms with Gasteiger partial charge in [-0.2, -0.15) is 0 Å². The molecule has 0 unspecified atom stereocenters. The highest BCUT2D eigenvalue weighted by molar-refractivity contribution is 6.30. The van der Waals surface area contributed by atoms with Crippen LogP contribution in [-0.2, 0) is 19.6 Å². The minimum Gasteiger partial charge on any atom is -0.490 e. The lowest BCUT2D eigenvalue weighted by Gasteiger charge is -2.14. The van der Waals surface area contributed by atoms with Gasteiger partial charge in [-0.25, -0.2) is 4.39 Å². The molecule has 29 heavy (non-hydrogen) atoms. The minimum absolute atomic E-state index is 0.157. The van der Waals surface area contributed by atoms with Crippen molar-refractivity contribution in [1.29, 1.82) is 0 Å². The highest BCUT2D eigenvalue weighted by Gasteiger charge is 2.08. The highest BCUT2D eigenvalue weighted by Crippen LogP contribution is 2.29. The average Bonchev–Trinajstić information content (AvgIpc) is 2.73. The lowest BCUT2D eigenvalue weighted by molar-refractivity contribution is 0.269. The van der Waals surface area contributed by atoms with Crippen molar-refractivity contribution in [3.8, 4) is 11.5 Å². The van der Waals surface area contributed by atoms with Gasteiger partial charge in [0.2, 0.25) is 0 Å². The molecule has 0 aliphatic rings. The number of nitrogens with one attached hydrogen (secondary N) is 1. The summed E-state index contributed by atoms with van der Waals surface area (Å²) in [5, 5.41) is 4.06. The smallest absolute Gasteiger partial charge is 0.161 e. The molecule has 152 valence electrons. The van der Waals surface area contributed by atoms with Gasteiger partial charge in [-0.1, -0.05) is 48.0 Å². The molecule has 0 aromatic heterocycles. The second-order valence-electron chi connectivity index (χ2n) is 6.65. The first kappa shape index (κ1) is 21.2. The summed E-state index contributed by atoms with van der Waals surface area (Å²) in [7, 11) is 0. The Labute approximate surface area is 176 Å². The van der Waals surface area contributed by atoms with E-state index in [4.69, 9.17) is 21.1 Å². The molecule has 0 amide bonds. The quantitative estimate of drug-likeness (QED) is 0.427. The van der Waals surface area contributed by atoms with Gasteiger partial charge in [0.25, 0.3) is 0 Å². The Morgan fingerprint density at radius 3 is 2.41 bits per heavy atom. The van der Waals surface area contributed by atoms with Gasteiger partial charge in [-0.05, 0) is 66.9 Å². The van der Waals surface area contributed by atoms with Crippen LogP contribution in [0.5, 0.6) is 11.5 Å². The molecule has 3 nitrogen and oxygen atoms in total. The molecule has 0 atom stereocenters. The average molecular weight is 414 g/mol. The first-order valence-electron chi connectivity index (χ1n) is 9.73. The van der Waals surface area contributed by atoms with Crippen LogP contribution in [0.3, 0.4) is 0 Å². The maximum Gasteiger partial charge on any atom is 0.161 e. The van der Waals surface area contributed by atoms with Crippen LogP contribution in [-0.4, -0.2) is 13.2 Å². The normalized spacial score (nSPS) is 10.7. The molecule has 0 radical (unpaired) electrons. The van der Waals surface area contributed by atoms with E-state index in [1.807, 2.05) is 61.5 Å². The van der Waals surface area contributed by atoms with Crippen LogP contribution in [0.4, 0.5) is 4.39 Å². The highest BCUT2D eigenvalue weighted by atomic mass is 35.5. The Hall–Kier alpha value is -2.56. The largest absolute Gasteiger partial charge is 0.490 e. The molecule has 3 aromatic carbocycles. The van der Waals surface area contributed by atoms with Crippen LogP contribution >= 0.6 is 11.6 Å². The summed E-state index contributed by atoms with van der Waals surface area (Å²) in [5.41, 5.74) is 2.84. The van der Waals surface area contributed by atoms with E-state index in [1.165, 1.54) is 6.07 Å². The molecule has 0 saturated heterocycles. The van der Waals surface area contributed by atoms with Crippen molar-refractivity contribution in [1.82, 2.24) is 5.32 Å². The summed E-state index contributed by atoms with van der Waals surface area (Å²) in [6.45, 7) is 4.31. The zero-order chi connectivity index (χ0) is 20.5. The van der Waals surface area contributed by atoms with Crippen LogP contribution in [0.1, 0.15) is 23.6 Å². The number of ether oxygens (including phenoxy) is 2. The van der Waals surface area contributed by atoms with Crippen molar-refractivity contribution in [2.45, 2.75) is 26.5 Å². The predicted octanol–water partition coefficient (Wildman–Crippen LogP) is 5.79. The number of benzene rings is 3. The van der Waals surface area contributed by atoms with Gasteiger partial charge < -0.3 is 14.8 Å². The molecule has 3 aromatic rings. The van der Waals surface area contributed by atoms with Gasteiger partial charge in [0.1, 0.15) is 12.4 Å². The molecular weight excluding hydrogens is 389 g/mol. The van der Waals surface area contributed by atoms with Crippen molar-refractivity contribution in [2.75, 3.05) is 13.2 Å². The van der Waals surface area contributed by atoms with E-state index in [9.17, 15) is 4.39 Å². The molecule has 0 aliphatic heterocycles. The van der Waals surface area contributed by atoms with E-state index in [-0.39, 0.29) is 5.82 Å². The van der Waals surface area contributed by atoms with Gasteiger partial charge in [0.05, 0.1) is 6.61 Å². The third-order valence-corrected chi connectivity index (χ3v) is 4.73. The first-order chi connectivity index (χ1) is 14.2. The molecular formula is C24H25ClFNO2. The third kappa shape index (κ3) is 6.48. The second kappa shape index (κ2) is 10.8. The second-order valence-corrected chi connectivity index (χ2v) is 7.08. The Morgan fingerprint density at radius 1 is 0.897 bits per heavy atom. The fourth-order valence-corrected chi connectivity index (χ4v) is 3.07. The van der Waals surface area contributed by atoms with Crippen molar-refractivity contribution in [3.05, 3.63) is 94.3 Å². The van der Waals surface area contributed by atoms with E-state index < -0.39 is 0 Å². The van der Waals surface area contributed by atoms with Crippen LogP contribution in [0.15, 0.2) is 66.7 Å². The number of hydrogen-bond acceptors (Lipinski definition) is 3. The zero-order valence-electron chi connectivity index (χ0n) is 16.5. The first-order valence-corrected chi connectivity index (χ1v) is 10.1. The van der Waals surface area contributed by atoms with E-state index in [0.717, 1.165) is 22.4 Å². The van der Waals surface area contributed by atoms with E-state index >= 15 is 0 Å². The minimum atomic E-state index is -0.157. The molecule has 0 fully saturated rings. The van der Waals surface area contributed by atoms with Crippen LogP contribution in [0.25, 0.3) is 0 Å². The number of halogens is 2. The number of rotatable bonds is 10. The van der Waals surface area contributed by atoms with E-state index in [1.54, 1.807) is 6.07 Å². The molecule has 0 saturated carbocycles. The van der Waals surface area contributed by atoms with Gasteiger partial charge in [-0.15, -0.1) is 0 Å². The summed E-state index contributed by atoms with van der Waals surface area (Å²) in [4.78, 5) is 0. The lowest BCUT2D eigenvalue weighted by Crippen LogP contribution is -2.17. The Kier molecular flexibility index (Phi) is 7.91. The molecule has 0 bridgehead atoms. The van der Waals surface area contributed by atoms with Gasteiger partial charge >= 0.3 is 0 Å². The van der Waals surface area contributed by atoms with Crippen molar-refractivity contribution < 1.29 is 13.9 Å². The molecule has 5 heteroatoms. The van der Waals surface area contributed by atoms with Crippen LogP contribution < -0.4 is 14.8 Å². The summed E-state index contributed by atoms with van der Waals surface area (Å²) in [6.07, 6.45) is 0.646. The fourth-order valence-electron chi connectivity index (χ4n) is 2.95. The van der Waals surface area contributed by atoms with Crippen LogP contribution in [0, 0.1) is 5.82 Å². The zero-order valence-corrected chi connectivity index (χ0v) is 17.2. The third-order valence-electron chi connectivity index (χ3n) is 4.47. The summed E-state index contributed by atoms with van der Waals surface area (Å²) in [5.74, 6) is 1.27. The van der Waals surface area contributed by atoms with Crippen molar-refractivity contribution in [2.24, 2.45) is 0 Å².